The average Bonchev–Trinajstić information content (AvgIpc) is 2.48. The lowest BCUT2D eigenvalue weighted by Crippen LogP contribution is -2.60. The van der Waals surface area contributed by atoms with Crippen LogP contribution in [0, 0.1) is 0 Å². The number of hydrogen-bond acceptors (Lipinski definition) is 3. The lowest BCUT2D eigenvalue weighted by Gasteiger charge is -2.29. The maximum Gasteiger partial charge on any atom is 0.460 e. The van der Waals surface area contributed by atoms with E-state index in [4.69, 9.17) is 0 Å². The number of halogens is 7. The zero-order valence-corrected chi connectivity index (χ0v) is 13.8. The second kappa shape index (κ2) is 9.23. The number of esters is 1. The quantitative estimate of drug-likeness (QED) is 0.328. The molecule has 25 heavy (non-hydrogen) atoms. The summed E-state index contributed by atoms with van der Waals surface area (Å²) in [5, 5.41) is 0. The number of alkyl halides is 7. The molecule has 0 aromatic carbocycles. The van der Waals surface area contributed by atoms with Gasteiger partial charge in [-0.1, -0.05) is 32.6 Å². The first-order chi connectivity index (χ1) is 11.3. The van der Waals surface area contributed by atoms with Gasteiger partial charge in [0, 0.05) is 7.05 Å². The number of amides is 1. The number of carbonyl (C=O) groups is 2. The van der Waals surface area contributed by atoms with Gasteiger partial charge in [0.25, 0.3) is 5.91 Å². The predicted octanol–water partition coefficient (Wildman–Crippen LogP) is 3.79. The zero-order valence-electron chi connectivity index (χ0n) is 13.8. The van der Waals surface area contributed by atoms with Gasteiger partial charge in [0.05, 0.1) is 6.61 Å². The molecule has 0 aromatic rings. The van der Waals surface area contributed by atoms with Crippen molar-refractivity contribution in [2.24, 2.45) is 0 Å². The topological polar surface area (TPSA) is 46.6 Å². The van der Waals surface area contributed by atoms with Crippen LogP contribution in [-0.2, 0) is 14.3 Å². The molecule has 0 rings (SSSR count). The van der Waals surface area contributed by atoms with E-state index < -0.39 is 36.4 Å². The van der Waals surface area contributed by atoms with Crippen LogP contribution < -0.4 is 0 Å². The van der Waals surface area contributed by atoms with Gasteiger partial charge < -0.3 is 9.64 Å². The van der Waals surface area contributed by atoms with Crippen molar-refractivity contribution in [2.75, 3.05) is 20.2 Å². The molecule has 0 aromatic heterocycles. The first-order valence-electron chi connectivity index (χ1n) is 7.52. The van der Waals surface area contributed by atoms with Crippen LogP contribution in [0.25, 0.3) is 0 Å². The van der Waals surface area contributed by atoms with Crippen LogP contribution in [0.15, 0.2) is 0 Å². The molecule has 0 unspecified atom stereocenters. The Morgan fingerprint density at radius 2 is 1.44 bits per heavy atom. The van der Waals surface area contributed by atoms with Gasteiger partial charge in [-0.25, -0.2) is 0 Å². The minimum Gasteiger partial charge on any atom is -0.464 e. The molecule has 148 valence electrons. The van der Waals surface area contributed by atoms with Crippen molar-refractivity contribution in [1.82, 2.24) is 4.90 Å². The molecule has 0 fully saturated rings. The van der Waals surface area contributed by atoms with Crippen LogP contribution in [0.1, 0.15) is 39.0 Å². The smallest absolute Gasteiger partial charge is 0.460 e. The molecule has 4 nitrogen and oxygen atoms in total. The monoisotopic (exact) mass is 383 g/mol. The number of carbonyl (C=O) groups excluding carboxylic acids is 2. The van der Waals surface area contributed by atoms with Crippen molar-refractivity contribution in [1.29, 1.82) is 0 Å². The van der Waals surface area contributed by atoms with E-state index in [0.29, 0.717) is 13.5 Å². The van der Waals surface area contributed by atoms with E-state index in [1.165, 1.54) is 0 Å². The first-order valence-corrected chi connectivity index (χ1v) is 7.52. The van der Waals surface area contributed by atoms with Gasteiger partial charge in [0.15, 0.2) is 0 Å². The summed E-state index contributed by atoms with van der Waals surface area (Å²) in [6, 6.07) is 0. The molecule has 0 saturated carbocycles. The predicted molar refractivity (Wildman–Crippen MR) is 73.3 cm³/mol. The summed E-state index contributed by atoms with van der Waals surface area (Å²) < 4.78 is 92.6. The normalized spacial score (nSPS) is 12.8. The van der Waals surface area contributed by atoms with E-state index in [2.05, 4.69) is 4.74 Å². The van der Waals surface area contributed by atoms with E-state index in [1.807, 2.05) is 6.92 Å². The maximum atomic E-state index is 13.2. The Morgan fingerprint density at radius 1 is 0.920 bits per heavy atom. The highest BCUT2D eigenvalue weighted by molar-refractivity contribution is 5.87. The minimum absolute atomic E-state index is 0.0698. The second-order valence-electron chi connectivity index (χ2n) is 5.44. The third-order valence-corrected chi connectivity index (χ3v) is 3.24. The van der Waals surface area contributed by atoms with Crippen LogP contribution in [0.5, 0.6) is 0 Å². The maximum absolute atomic E-state index is 13.2. The van der Waals surface area contributed by atoms with Gasteiger partial charge >= 0.3 is 24.0 Å². The minimum atomic E-state index is -6.62. The second-order valence-corrected chi connectivity index (χ2v) is 5.44. The molecule has 0 aliphatic carbocycles. The largest absolute Gasteiger partial charge is 0.464 e. The molecule has 11 heteroatoms. The third-order valence-electron chi connectivity index (χ3n) is 3.24. The van der Waals surface area contributed by atoms with Crippen molar-refractivity contribution >= 4 is 11.9 Å². The molecule has 0 aliphatic rings. The summed E-state index contributed by atoms with van der Waals surface area (Å²) in [6.07, 6.45) is -2.54. The highest BCUT2D eigenvalue weighted by Gasteiger charge is 2.76. The lowest BCUT2D eigenvalue weighted by atomic mass is 10.1. The summed E-state index contributed by atoms with van der Waals surface area (Å²) in [4.78, 5) is 22.4. The molecule has 1 amide bonds. The highest BCUT2D eigenvalue weighted by Crippen LogP contribution is 2.47. The summed E-state index contributed by atoms with van der Waals surface area (Å²) in [6.45, 7) is 0.752. The van der Waals surface area contributed by atoms with E-state index in [9.17, 15) is 40.3 Å². The van der Waals surface area contributed by atoms with Crippen molar-refractivity contribution < 1.29 is 45.1 Å². The van der Waals surface area contributed by atoms with Gasteiger partial charge in [-0.05, 0) is 6.42 Å². The molecule has 0 saturated heterocycles. The van der Waals surface area contributed by atoms with Crippen LogP contribution in [0.3, 0.4) is 0 Å². The number of nitrogens with zero attached hydrogens (tertiary/aromatic N) is 1. The zero-order chi connectivity index (χ0) is 19.9. The fraction of sp³-hybridized carbons (Fsp3) is 0.857. The Labute approximate surface area is 140 Å². The van der Waals surface area contributed by atoms with Gasteiger partial charge in [0.1, 0.15) is 6.54 Å². The molecule has 0 aliphatic heterocycles. The fourth-order valence-electron chi connectivity index (χ4n) is 1.75. The highest BCUT2D eigenvalue weighted by atomic mass is 19.4. The van der Waals surface area contributed by atoms with Gasteiger partial charge in [-0.2, -0.15) is 30.7 Å². The fourth-order valence-corrected chi connectivity index (χ4v) is 1.75. The SMILES string of the molecule is CCCCCCCOC(=O)CN(C)C(=O)C(F)(F)C(F)(F)C(F)(F)F. The molecule has 0 atom stereocenters. The lowest BCUT2D eigenvalue weighted by molar-refractivity contribution is -0.345. The Kier molecular flexibility index (Phi) is 8.66. The first kappa shape index (κ1) is 23.4. The standard InChI is InChI=1S/C14H20F7NO3/c1-3-4-5-6-7-8-25-10(23)9-22(2)11(24)12(15,16)13(17,18)14(19,20)21/h3-9H2,1-2H3. The van der Waals surface area contributed by atoms with Crippen LogP contribution in [-0.4, -0.2) is 55.0 Å². The summed E-state index contributed by atoms with van der Waals surface area (Å²) >= 11 is 0. The Hall–Kier alpha value is -1.55. The number of likely N-dealkylation sites (N-methyl/N-ethyl adjacent to an activating group) is 1. The Balaban J connectivity index is 4.57. The summed E-state index contributed by atoms with van der Waals surface area (Å²) in [5.74, 6) is -16.6. The molecule has 0 heterocycles. The van der Waals surface area contributed by atoms with Crippen LogP contribution in [0.2, 0.25) is 0 Å². The van der Waals surface area contributed by atoms with Gasteiger partial charge in [0.2, 0.25) is 0 Å². The molecule has 0 N–H and O–H groups in total. The average molecular weight is 383 g/mol. The molecule has 0 spiro atoms. The van der Waals surface area contributed by atoms with E-state index in [-0.39, 0.29) is 11.5 Å². The van der Waals surface area contributed by atoms with E-state index >= 15 is 0 Å². The summed E-state index contributed by atoms with van der Waals surface area (Å²) in [5.41, 5.74) is 0. The van der Waals surface area contributed by atoms with Crippen molar-refractivity contribution in [2.45, 2.75) is 57.0 Å². The van der Waals surface area contributed by atoms with E-state index in [1.54, 1.807) is 0 Å². The van der Waals surface area contributed by atoms with Crippen molar-refractivity contribution in [3.05, 3.63) is 0 Å². The Morgan fingerprint density at radius 3 is 1.92 bits per heavy atom. The van der Waals surface area contributed by atoms with E-state index in [0.717, 1.165) is 25.7 Å². The molecular formula is C14H20F7NO3. The summed E-state index contributed by atoms with van der Waals surface area (Å²) in [7, 11) is 0.505. The molecule has 0 radical (unpaired) electrons. The molecular weight excluding hydrogens is 363 g/mol. The molecule has 0 bridgehead atoms. The number of ether oxygens (including phenoxy) is 1. The van der Waals surface area contributed by atoms with Crippen molar-refractivity contribution in [3.8, 4) is 0 Å². The van der Waals surface area contributed by atoms with Crippen LogP contribution >= 0.6 is 0 Å². The number of unbranched alkanes of at least 4 members (excludes halogenated alkanes) is 4. The van der Waals surface area contributed by atoms with Gasteiger partial charge in [-0.3, -0.25) is 9.59 Å². The van der Waals surface area contributed by atoms with Crippen LogP contribution in [0.4, 0.5) is 30.7 Å². The number of rotatable bonds is 10. The van der Waals surface area contributed by atoms with Gasteiger partial charge in [-0.15, -0.1) is 0 Å². The van der Waals surface area contributed by atoms with Crippen molar-refractivity contribution in [3.63, 3.8) is 0 Å². The Bertz CT molecular complexity index is 452. The third kappa shape index (κ3) is 6.35. The number of hydrogen-bond donors (Lipinski definition) is 0.